The Bertz CT molecular complexity index is 2040. The normalized spacial score (nSPS) is 36.0. The van der Waals surface area contributed by atoms with Gasteiger partial charge in [0, 0.05) is 25.2 Å². The number of hydrogen-bond donors (Lipinski definition) is 3. The molecular weight excluding hydrogens is 802 g/mol. The van der Waals surface area contributed by atoms with Crippen LogP contribution in [0.4, 0.5) is 9.59 Å². The molecule has 1 amide bonds. The Labute approximate surface area is 352 Å². The summed E-state index contributed by atoms with van der Waals surface area (Å²) in [5.74, 6) is -6.42. The number of fused-ring (bicyclic) bond motifs is 5. The molecule has 1 aromatic rings. The zero-order valence-corrected chi connectivity index (χ0v) is 36.1. The molecule has 334 valence electrons. The summed E-state index contributed by atoms with van der Waals surface area (Å²) < 4.78 is 45.9. The van der Waals surface area contributed by atoms with Gasteiger partial charge in [0.25, 0.3) is 0 Å². The number of cyclic esters (lactones) is 1. The number of methoxy groups -OCH3 is 1. The van der Waals surface area contributed by atoms with Crippen LogP contribution in [-0.2, 0) is 57.1 Å². The van der Waals surface area contributed by atoms with Gasteiger partial charge in [-0.25, -0.2) is 19.2 Å². The van der Waals surface area contributed by atoms with Crippen LogP contribution in [0.15, 0.2) is 41.5 Å². The second-order valence-electron chi connectivity index (χ2n) is 18.8. The molecule has 2 saturated carbocycles. The van der Waals surface area contributed by atoms with Crippen LogP contribution in [0.1, 0.15) is 92.4 Å². The zero-order chi connectivity index (χ0) is 45.4. The van der Waals surface area contributed by atoms with Gasteiger partial charge in [0.15, 0.2) is 17.5 Å². The third-order valence-electron chi connectivity index (χ3n) is 13.3. The van der Waals surface area contributed by atoms with Crippen molar-refractivity contribution in [2.75, 3.05) is 13.7 Å². The van der Waals surface area contributed by atoms with E-state index in [9.17, 15) is 39.0 Å². The molecule has 11 atom stereocenters. The summed E-state index contributed by atoms with van der Waals surface area (Å²) in [4.78, 5) is 96.3. The Balaban J connectivity index is 1.55. The minimum absolute atomic E-state index is 0.0334. The van der Waals surface area contributed by atoms with Gasteiger partial charge in [0.05, 0.1) is 48.2 Å². The third-order valence-corrected chi connectivity index (χ3v) is 13.3. The van der Waals surface area contributed by atoms with Crippen molar-refractivity contribution in [2.45, 2.75) is 142 Å². The molecule has 6 rings (SSSR count). The SMILES string of the molecule is COC(=O)O[C@@]12CO[C@@H]1CC(O)[C@@]1(C)C(=O)[C@H](OC(C)=O)C3=C(C)[C@H](OC(=O)C4OC(=O)C(C)(C)[C@@H]4NC(=O)OC(C)(C)C)C[C@@](O)(C(OC(=O)c4ccccc4)C12)C3(C)C. The van der Waals surface area contributed by atoms with E-state index in [1.165, 1.54) is 53.7 Å². The molecule has 5 aliphatic rings. The highest BCUT2D eigenvalue weighted by molar-refractivity contribution is 5.96. The molecule has 2 saturated heterocycles. The van der Waals surface area contributed by atoms with Crippen molar-refractivity contribution in [3.8, 4) is 0 Å². The number of carbonyl (C=O) groups excluding carboxylic acids is 7. The van der Waals surface area contributed by atoms with Crippen LogP contribution in [0.25, 0.3) is 0 Å². The van der Waals surface area contributed by atoms with Crippen molar-refractivity contribution in [1.29, 1.82) is 0 Å². The first-order valence-electron chi connectivity index (χ1n) is 20.1. The number of ketones is 1. The van der Waals surface area contributed by atoms with E-state index >= 15 is 4.79 Å². The van der Waals surface area contributed by atoms with Crippen molar-refractivity contribution in [3.05, 3.63) is 47.0 Å². The number of Topliss-reactive ketones (excluding diaryl/α,β-unsaturated/α-hetero) is 1. The van der Waals surface area contributed by atoms with Gasteiger partial charge in [-0.1, -0.05) is 32.0 Å². The maximum absolute atomic E-state index is 15.5. The molecule has 0 radical (unpaired) electrons. The highest BCUT2D eigenvalue weighted by atomic mass is 16.8. The maximum Gasteiger partial charge on any atom is 0.508 e. The zero-order valence-electron chi connectivity index (χ0n) is 36.1. The Morgan fingerprint density at radius 1 is 0.951 bits per heavy atom. The molecule has 4 fully saturated rings. The number of hydrogen-bond acceptors (Lipinski definition) is 17. The second kappa shape index (κ2) is 15.4. The standard InChI is InChI=1S/C43H55NO17/c1-20-23(57-34(49)28-30(39(6,7)35(50)58-28)44-36(51)60-38(3,4)5)18-43(53)32(59-33(48)22-15-13-12-14-16-22)29-41(10,31(47)27(56-21(2)45)26(20)40(43,8)9)24(46)17-25-42(29,19-55-25)61-37(52)54-11/h12-16,23-25,27-30,32,46,53H,17-19H2,1-11H3,(H,44,51)/t23-,24?,25-,27-,28?,29?,30-,32?,41-,42+,43-/m1/s1. The average Bonchev–Trinajstić information content (AvgIpc) is 3.38. The molecular formula is C43H55NO17. The minimum Gasteiger partial charge on any atom is -0.455 e. The maximum atomic E-state index is 15.5. The monoisotopic (exact) mass is 857 g/mol. The summed E-state index contributed by atoms with van der Waals surface area (Å²) in [6.07, 6.45) is -12.7. The van der Waals surface area contributed by atoms with Crippen LogP contribution >= 0.6 is 0 Å². The van der Waals surface area contributed by atoms with Gasteiger partial charge < -0.3 is 53.4 Å². The molecule has 0 spiro atoms. The lowest BCUT2D eigenvalue weighted by Gasteiger charge is -2.67. The van der Waals surface area contributed by atoms with Crippen LogP contribution in [0.3, 0.4) is 0 Å². The van der Waals surface area contributed by atoms with Crippen LogP contribution in [0.2, 0.25) is 0 Å². The van der Waals surface area contributed by atoms with Gasteiger partial charge in [0.1, 0.15) is 29.5 Å². The molecule has 4 unspecified atom stereocenters. The fraction of sp³-hybridized carbons (Fsp3) is 0.651. The fourth-order valence-electron chi connectivity index (χ4n) is 9.87. The van der Waals surface area contributed by atoms with Crippen LogP contribution in [0.5, 0.6) is 0 Å². The molecule has 0 aromatic heterocycles. The number of benzene rings is 1. The number of carbonyl (C=O) groups is 7. The van der Waals surface area contributed by atoms with Gasteiger partial charge in [0.2, 0.25) is 6.10 Å². The highest BCUT2D eigenvalue weighted by Crippen LogP contribution is 2.64. The largest absolute Gasteiger partial charge is 0.508 e. The van der Waals surface area contributed by atoms with Gasteiger partial charge in [-0.15, -0.1) is 0 Å². The molecule has 18 heteroatoms. The number of nitrogens with one attached hydrogen (secondary N) is 1. The van der Waals surface area contributed by atoms with E-state index in [0.29, 0.717) is 0 Å². The van der Waals surface area contributed by atoms with Crippen LogP contribution in [0, 0.1) is 22.2 Å². The lowest BCUT2D eigenvalue weighted by atomic mass is 9.44. The van der Waals surface area contributed by atoms with E-state index in [1.54, 1.807) is 39.0 Å². The van der Waals surface area contributed by atoms with E-state index in [2.05, 4.69) is 5.32 Å². The first-order chi connectivity index (χ1) is 28.2. The van der Waals surface area contributed by atoms with Gasteiger partial charge in [-0.05, 0) is 71.7 Å². The first-order valence-corrected chi connectivity index (χ1v) is 20.1. The summed E-state index contributed by atoms with van der Waals surface area (Å²) in [7, 11) is 1.06. The van der Waals surface area contributed by atoms with Crippen LogP contribution < -0.4 is 5.32 Å². The van der Waals surface area contributed by atoms with Crippen molar-refractivity contribution in [2.24, 2.45) is 22.2 Å². The Kier molecular flexibility index (Phi) is 11.5. The van der Waals surface area contributed by atoms with Crippen molar-refractivity contribution in [1.82, 2.24) is 5.32 Å². The molecule has 3 aliphatic carbocycles. The number of aliphatic hydroxyl groups is 2. The van der Waals surface area contributed by atoms with E-state index in [-0.39, 0.29) is 23.1 Å². The number of rotatable bonds is 7. The number of amides is 1. The molecule has 18 nitrogen and oxygen atoms in total. The quantitative estimate of drug-likeness (QED) is 0.202. The van der Waals surface area contributed by atoms with Crippen molar-refractivity contribution >= 4 is 41.9 Å². The Morgan fingerprint density at radius 2 is 1.59 bits per heavy atom. The first kappa shape index (κ1) is 45.5. The molecule has 1 aromatic carbocycles. The molecule has 61 heavy (non-hydrogen) atoms. The van der Waals surface area contributed by atoms with E-state index in [4.69, 9.17) is 37.9 Å². The predicted molar refractivity (Wildman–Crippen MR) is 207 cm³/mol. The summed E-state index contributed by atoms with van der Waals surface area (Å²) in [6.45, 7) is 14.4. The topological polar surface area (TPSA) is 246 Å². The summed E-state index contributed by atoms with van der Waals surface area (Å²) in [5, 5.41) is 28.3. The number of alkyl carbamates (subject to hydrolysis) is 1. The second-order valence-corrected chi connectivity index (χ2v) is 18.8. The average molecular weight is 858 g/mol. The lowest BCUT2D eigenvalue weighted by molar-refractivity contribution is -0.344. The number of aliphatic hydroxyl groups excluding tert-OH is 1. The van der Waals surface area contributed by atoms with E-state index < -0.39 is 137 Å². The smallest absolute Gasteiger partial charge is 0.455 e. The van der Waals surface area contributed by atoms with Crippen molar-refractivity contribution in [3.63, 3.8) is 0 Å². The third kappa shape index (κ3) is 7.33. The summed E-state index contributed by atoms with van der Waals surface area (Å²) in [5.41, 5.74) is -10.4. The highest BCUT2D eigenvalue weighted by Gasteiger charge is 2.78. The number of ether oxygens (including phenoxy) is 8. The fourth-order valence-corrected chi connectivity index (χ4v) is 9.87. The van der Waals surface area contributed by atoms with Crippen LogP contribution in [-0.4, -0.2) is 125 Å². The summed E-state index contributed by atoms with van der Waals surface area (Å²) >= 11 is 0. The Hall–Kier alpha value is -5.07. The molecule has 2 bridgehead atoms. The lowest BCUT2D eigenvalue weighted by Crippen LogP contribution is -2.82. The predicted octanol–water partition coefficient (Wildman–Crippen LogP) is 3.27. The molecule has 2 heterocycles. The Morgan fingerprint density at radius 3 is 2.15 bits per heavy atom. The van der Waals surface area contributed by atoms with E-state index in [1.807, 2.05) is 0 Å². The minimum atomic E-state index is -2.44. The molecule has 2 aliphatic heterocycles. The van der Waals surface area contributed by atoms with Gasteiger partial charge >= 0.3 is 36.1 Å². The van der Waals surface area contributed by atoms with Crippen molar-refractivity contribution < 1.29 is 81.7 Å². The van der Waals surface area contributed by atoms with Gasteiger partial charge in [-0.3, -0.25) is 14.4 Å². The number of esters is 4. The molecule has 3 N–H and O–H groups in total. The van der Waals surface area contributed by atoms with Gasteiger partial charge in [-0.2, -0.15) is 0 Å². The summed E-state index contributed by atoms with van der Waals surface area (Å²) in [6, 6.07) is 6.43. The van der Waals surface area contributed by atoms with E-state index in [0.717, 1.165) is 14.0 Å².